The Bertz CT molecular complexity index is 199. The molecule has 0 aromatic rings. The van der Waals surface area contributed by atoms with Crippen LogP contribution in [0.15, 0.2) is 0 Å². The summed E-state index contributed by atoms with van der Waals surface area (Å²) >= 11 is 0. The third-order valence-corrected chi connectivity index (χ3v) is 2.52. The molecule has 0 saturated carbocycles. The van der Waals surface area contributed by atoms with Crippen molar-refractivity contribution in [3.05, 3.63) is 0 Å². The molecule has 1 rings (SSSR count). The van der Waals surface area contributed by atoms with Crippen LogP contribution in [0.2, 0.25) is 0 Å². The van der Waals surface area contributed by atoms with Crippen molar-refractivity contribution in [2.24, 2.45) is 0 Å². The molecule has 1 aliphatic heterocycles. The van der Waals surface area contributed by atoms with E-state index in [2.05, 4.69) is 10.6 Å². The Morgan fingerprint density at radius 1 is 1.41 bits per heavy atom. The van der Waals surface area contributed by atoms with Gasteiger partial charge >= 0.3 is 0 Å². The molecule has 1 saturated heterocycles. The summed E-state index contributed by atoms with van der Waals surface area (Å²) in [5, 5.41) is 6.17. The van der Waals surface area contributed by atoms with E-state index in [0.717, 1.165) is 13.0 Å². The summed E-state index contributed by atoms with van der Waals surface area (Å²) in [5.74, 6) is -0.0507. The van der Waals surface area contributed by atoms with Crippen LogP contribution in [-0.4, -0.2) is 51.5 Å². The Labute approximate surface area is 109 Å². The second-order valence-corrected chi connectivity index (χ2v) is 3.85. The molecular weight excluding hydrogens is 244 g/mol. The first-order chi connectivity index (χ1) is 7.83. The molecule has 0 aliphatic carbocycles. The van der Waals surface area contributed by atoms with E-state index in [1.165, 1.54) is 6.42 Å². The van der Waals surface area contributed by atoms with E-state index in [1.807, 2.05) is 6.92 Å². The highest BCUT2D eigenvalue weighted by Crippen LogP contribution is 2.02. The fraction of sp³-hybridized carbons (Fsp3) is 0.909. The Balaban J connectivity index is 0.00000256. The predicted molar refractivity (Wildman–Crippen MR) is 68.6 cm³/mol. The van der Waals surface area contributed by atoms with Gasteiger partial charge in [0.2, 0.25) is 5.91 Å². The van der Waals surface area contributed by atoms with Crippen LogP contribution in [-0.2, 0) is 14.3 Å². The van der Waals surface area contributed by atoms with Crippen LogP contribution in [0.3, 0.4) is 0 Å². The van der Waals surface area contributed by atoms with E-state index < -0.39 is 0 Å². The fourth-order valence-corrected chi connectivity index (χ4v) is 1.65. The van der Waals surface area contributed by atoms with Gasteiger partial charge in [-0.3, -0.25) is 4.79 Å². The summed E-state index contributed by atoms with van der Waals surface area (Å²) in [6.07, 6.45) is 2.34. The molecule has 102 valence electrons. The van der Waals surface area contributed by atoms with Crippen molar-refractivity contribution in [2.45, 2.75) is 25.8 Å². The quantitative estimate of drug-likeness (QED) is 0.622. The molecule has 0 spiro atoms. The zero-order valence-corrected chi connectivity index (χ0v) is 11.2. The number of carbonyl (C=O) groups excluding carboxylic acids is 1. The number of amides is 1. The molecule has 6 heteroatoms. The molecule has 0 bridgehead atoms. The molecule has 1 amide bonds. The Morgan fingerprint density at radius 3 is 2.82 bits per heavy atom. The lowest BCUT2D eigenvalue weighted by atomic mass is 10.2. The van der Waals surface area contributed by atoms with Crippen molar-refractivity contribution >= 4 is 18.3 Å². The highest BCUT2D eigenvalue weighted by molar-refractivity contribution is 5.85. The first-order valence-corrected chi connectivity index (χ1v) is 5.98. The number of ether oxygens (including phenoxy) is 2. The van der Waals surface area contributed by atoms with Gasteiger partial charge in [0, 0.05) is 19.2 Å². The van der Waals surface area contributed by atoms with Gasteiger partial charge in [0.05, 0.1) is 13.2 Å². The molecule has 5 nitrogen and oxygen atoms in total. The number of hydrogen-bond donors (Lipinski definition) is 2. The molecule has 1 fully saturated rings. The zero-order valence-electron chi connectivity index (χ0n) is 10.4. The molecule has 1 unspecified atom stereocenters. The first kappa shape index (κ1) is 16.6. The first-order valence-electron chi connectivity index (χ1n) is 5.98. The van der Waals surface area contributed by atoms with E-state index >= 15 is 0 Å². The summed E-state index contributed by atoms with van der Waals surface area (Å²) < 4.78 is 10.2. The zero-order chi connectivity index (χ0) is 11.6. The average Bonchev–Trinajstić information content (AvgIpc) is 2.79. The molecule has 1 heterocycles. The molecule has 0 aromatic heterocycles. The van der Waals surface area contributed by atoms with Crippen LogP contribution in [0.25, 0.3) is 0 Å². The minimum absolute atomic E-state index is 0. The molecule has 1 aliphatic rings. The number of rotatable bonds is 8. The number of halogens is 1. The normalized spacial score (nSPS) is 18.8. The highest BCUT2D eigenvalue weighted by Gasteiger charge is 2.14. The Kier molecular flexibility index (Phi) is 10.5. The average molecular weight is 267 g/mol. The lowest BCUT2D eigenvalue weighted by Crippen LogP contribution is -2.38. The van der Waals surface area contributed by atoms with Crippen molar-refractivity contribution in [1.82, 2.24) is 10.6 Å². The number of nitrogens with one attached hydrogen (secondary N) is 2. The van der Waals surface area contributed by atoms with Gasteiger partial charge in [0.1, 0.15) is 6.61 Å². The standard InChI is InChI=1S/C11H22N2O3.ClH/c1-2-15-6-7-16-9-11(14)13-8-10-4-3-5-12-10;/h10,12H,2-9H2,1H3,(H,13,14);1H. The molecule has 0 radical (unpaired) electrons. The van der Waals surface area contributed by atoms with E-state index in [-0.39, 0.29) is 24.9 Å². The van der Waals surface area contributed by atoms with Gasteiger partial charge in [-0.1, -0.05) is 0 Å². The van der Waals surface area contributed by atoms with Crippen LogP contribution in [0.1, 0.15) is 19.8 Å². The smallest absolute Gasteiger partial charge is 0.246 e. The van der Waals surface area contributed by atoms with Crippen molar-refractivity contribution in [1.29, 1.82) is 0 Å². The van der Waals surface area contributed by atoms with Crippen LogP contribution in [0.4, 0.5) is 0 Å². The highest BCUT2D eigenvalue weighted by atomic mass is 35.5. The van der Waals surface area contributed by atoms with Gasteiger partial charge in [0.15, 0.2) is 0 Å². The van der Waals surface area contributed by atoms with Crippen molar-refractivity contribution in [3.63, 3.8) is 0 Å². The van der Waals surface area contributed by atoms with Gasteiger partial charge in [-0.15, -0.1) is 12.4 Å². The maximum Gasteiger partial charge on any atom is 0.246 e. The van der Waals surface area contributed by atoms with Crippen LogP contribution < -0.4 is 10.6 Å². The molecule has 0 aromatic carbocycles. The fourth-order valence-electron chi connectivity index (χ4n) is 1.65. The van der Waals surface area contributed by atoms with Crippen molar-refractivity contribution < 1.29 is 14.3 Å². The maximum atomic E-state index is 11.3. The van der Waals surface area contributed by atoms with Crippen LogP contribution in [0, 0.1) is 0 Å². The minimum Gasteiger partial charge on any atom is -0.379 e. The number of carbonyl (C=O) groups is 1. The van der Waals surface area contributed by atoms with Gasteiger partial charge < -0.3 is 20.1 Å². The summed E-state index contributed by atoms with van der Waals surface area (Å²) in [7, 11) is 0. The van der Waals surface area contributed by atoms with E-state index in [0.29, 0.717) is 32.4 Å². The molecule has 1 atom stereocenters. The van der Waals surface area contributed by atoms with Gasteiger partial charge in [-0.2, -0.15) is 0 Å². The second-order valence-electron chi connectivity index (χ2n) is 3.85. The van der Waals surface area contributed by atoms with Gasteiger partial charge in [-0.05, 0) is 26.3 Å². The molecule has 2 N–H and O–H groups in total. The van der Waals surface area contributed by atoms with Crippen LogP contribution >= 0.6 is 12.4 Å². The minimum atomic E-state index is -0.0507. The summed E-state index contributed by atoms with van der Waals surface area (Å²) in [4.78, 5) is 11.3. The third-order valence-electron chi connectivity index (χ3n) is 2.52. The Hall–Kier alpha value is -0.360. The molecular formula is C11H23ClN2O3. The second kappa shape index (κ2) is 10.8. The van der Waals surface area contributed by atoms with E-state index in [1.54, 1.807) is 0 Å². The maximum absolute atomic E-state index is 11.3. The van der Waals surface area contributed by atoms with E-state index in [9.17, 15) is 4.79 Å². The third kappa shape index (κ3) is 8.37. The SMILES string of the molecule is CCOCCOCC(=O)NCC1CCCN1.Cl. The predicted octanol–water partition coefficient (Wildman–Crippen LogP) is 0.330. The van der Waals surface area contributed by atoms with Crippen molar-refractivity contribution in [3.8, 4) is 0 Å². The summed E-state index contributed by atoms with van der Waals surface area (Å²) in [5.41, 5.74) is 0. The van der Waals surface area contributed by atoms with Crippen molar-refractivity contribution in [2.75, 3.05) is 39.5 Å². The topological polar surface area (TPSA) is 59.6 Å². The summed E-state index contributed by atoms with van der Waals surface area (Å²) in [6, 6.07) is 0.437. The number of hydrogen-bond acceptors (Lipinski definition) is 4. The Morgan fingerprint density at radius 2 is 2.18 bits per heavy atom. The van der Waals surface area contributed by atoms with Gasteiger partial charge in [-0.25, -0.2) is 0 Å². The summed E-state index contributed by atoms with van der Waals surface area (Å²) in [6.45, 7) is 5.53. The largest absolute Gasteiger partial charge is 0.379 e. The monoisotopic (exact) mass is 266 g/mol. The lowest BCUT2D eigenvalue weighted by molar-refractivity contribution is -0.126. The molecule has 17 heavy (non-hydrogen) atoms. The van der Waals surface area contributed by atoms with E-state index in [4.69, 9.17) is 9.47 Å². The van der Waals surface area contributed by atoms with Crippen LogP contribution in [0.5, 0.6) is 0 Å². The van der Waals surface area contributed by atoms with Gasteiger partial charge in [0.25, 0.3) is 0 Å². The lowest BCUT2D eigenvalue weighted by Gasteiger charge is -2.11.